The van der Waals surface area contributed by atoms with Gasteiger partial charge in [0, 0.05) is 10.5 Å². The maximum absolute atomic E-state index is 13.5. The molecule has 1 aliphatic carbocycles. The average molecular weight is 342 g/mol. The highest BCUT2D eigenvalue weighted by atomic mass is 79.9. The molecule has 0 aromatic heterocycles. The Bertz CT molecular complexity index is 393. The Morgan fingerprint density at radius 2 is 1.80 bits per heavy atom. The lowest BCUT2D eigenvalue weighted by atomic mass is 9.83. The van der Waals surface area contributed by atoms with E-state index in [1.807, 2.05) is 13.1 Å². The Morgan fingerprint density at radius 3 is 2.40 bits per heavy atom. The zero-order valence-electron chi connectivity index (χ0n) is 12.3. The van der Waals surface area contributed by atoms with E-state index in [2.05, 4.69) is 21.2 Å². The van der Waals surface area contributed by atoms with Crippen molar-refractivity contribution in [2.24, 2.45) is 5.92 Å². The molecule has 1 aromatic carbocycles. The molecule has 1 unspecified atom stereocenters. The number of rotatable bonds is 4. The van der Waals surface area contributed by atoms with Crippen molar-refractivity contribution < 1.29 is 4.39 Å². The van der Waals surface area contributed by atoms with Crippen LogP contribution >= 0.6 is 15.9 Å². The van der Waals surface area contributed by atoms with E-state index in [-0.39, 0.29) is 5.82 Å². The molecule has 3 heteroatoms. The first-order valence-electron chi connectivity index (χ1n) is 7.81. The second kappa shape index (κ2) is 8.14. The second-order valence-electron chi connectivity index (χ2n) is 5.98. The van der Waals surface area contributed by atoms with Crippen molar-refractivity contribution >= 4 is 15.9 Å². The molecule has 0 bridgehead atoms. The first-order valence-corrected chi connectivity index (χ1v) is 8.60. The van der Waals surface area contributed by atoms with Gasteiger partial charge in [0.1, 0.15) is 5.82 Å². The molecule has 2 rings (SSSR count). The first-order chi connectivity index (χ1) is 9.69. The largest absolute Gasteiger partial charge is 0.316 e. The fraction of sp³-hybridized carbons (Fsp3) is 0.647. The molecule has 1 saturated carbocycles. The van der Waals surface area contributed by atoms with Gasteiger partial charge in [0.25, 0.3) is 0 Å². The summed E-state index contributed by atoms with van der Waals surface area (Å²) in [7, 11) is 2.04. The van der Waals surface area contributed by atoms with Crippen LogP contribution in [0.3, 0.4) is 0 Å². The molecule has 0 radical (unpaired) electrons. The monoisotopic (exact) mass is 341 g/mol. The van der Waals surface area contributed by atoms with Crippen LogP contribution < -0.4 is 5.32 Å². The standard InChI is InChI=1S/C17H25BrFN/c1-20-17(14-7-5-3-2-4-6-8-14)11-13-9-15(18)12-16(19)10-13/h9-10,12,14,17,20H,2-8,11H2,1H3. The van der Waals surface area contributed by atoms with Gasteiger partial charge in [-0.1, -0.05) is 48.0 Å². The van der Waals surface area contributed by atoms with Crippen LogP contribution in [0.2, 0.25) is 0 Å². The van der Waals surface area contributed by atoms with Gasteiger partial charge >= 0.3 is 0 Å². The zero-order valence-corrected chi connectivity index (χ0v) is 13.9. The molecular weight excluding hydrogens is 317 g/mol. The lowest BCUT2D eigenvalue weighted by molar-refractivity contribution is 0.293. The van der Waals surface area contributed by atoms with Crippen molar-refractivity contribution in [1.29, 1.82) is 0 Å². The highest BCUT2D eigenvalue weighted by molar-refractivity contribution is 9.10. The molecule has 20 heavy (non-hydrogen) atoms. The molecule has 112 valence electrons. The molecular formula is C17H25BrFN. The topological polar surface area (TPSA) is 12.0 Å². The number of halogens is 2. The van der Waals surface area contributed by atoms with Crippen molar-refractivity contribution in [3.63, 3.8) is 0 Å². The number of benzene rings is 1. The Hall–Kier alpha value is -0.410. The minimum absolute atomic E-state index is 0.151. The third kappa shape index (κ3) is 4.85. The summed E-state index contributed by atoms with van der Waals surface area (Å²) >= 11 is 3.38. The van der Waals surface area contributed by atoms with Crippen molar-refractivity contribution in [3.8, 4) is 0 Å². The Kier molecular flexibility index (Phi) is 6.50. The average Bonchev–Trinajstić information content (AvgIpc) is 2.35. The van der Waals surface area contributed by atoms with Crippen molar-refractivity contribution in [2.45, 2.75) is 57.4 Å². The van der Waals surface area contributed by atoms with Crippen LogP contribution in [0, 0.1) is 11.7 Å². The van der Waals surface area contributed by atoms with E-state index in [0.29, 0.717) is 6.04 Å². The van der Waals surface area contributed by atoms with Crippen LogP contribution in [-0.4, -0.2) is 13.1 Å². The van der Waals surface area contributed by atoms with Crippen molar-refractivity contribution in [1.82, 2.24) is 5.32 Å². The molecule has 1 atom stereocenters. The molecule has 0 heterocycles. The molecule has 0 amide bonds. The summed E-state index contributed by atoms with van der Waals surface area (Å²) in [6, 6.07) is 5.68. The summed E-state index contributed by atoms with van der Waals surface area (Å²) in [6.07, 6.45) is 10.4. The summed E-state index contributed by atoms with van der Waals surface area (Å²) in [4.78, 5) is 0. The highest BCUT2D eigenvalue weighted by Gasteiger charge is 2.21. The number of hydrogen-bond acceptors (Lipinski definition) is 1. The predicted octanol–water partition coefficient (Wildman–Crippen LogP) is 5.08. The molecule has 0 saturated heterocycles. The minimum Gasteiger partial charge on any atom is -0.316 e. The highest BCUT2D eigenvalue weighted by Crippen LogP contribution is 2.27. The van der Waals surface area contributed by atoms with Gasteiger partial charge in [-0.3, -0.25) is 0 Å². The number of nitrogens with one attached hydrogen (secondary N) is 1. The second-order valence-corrected chi connectivity index (χ2v) is 6.90. The van der Waals surface area contributed by atoms with E-state index < -0.39 is 0 Å². The summed E-state index contributed by atoms with van der Waals surface area (Å²) in [6.45, 7) is 0. The molecule has 1 fully saturated rings. The quantitative estimate of drug-likeness (QED) is 0.805. The summed E-state index contributed by atoms with van der Waals surface area (Å²) in [5.41, 5.74) is 1.08. The van der Waals surface area contributed by atoms with Crippen LogP contribution in [0.1, 0.15) is 50.5 Å². The van der Waals surface area contributed by atoms with Gasteiger partial charge in [0.05, 0.1) is 0 Å². The Morgan fingerprint density at radius 1 is 1.15 bits per heavy atom. The van der Waals surface area contributed by atoms with Gasteiger partial charge < -0.3 is 5.32 Å². The fourth-order valence-corrected chi connectivity index (χ4v) is 3.89. The Balaban J connectivity index is 2.02. The van der Waals surface area contributed by atoms with Crippen LogP contribution in [0.15, 0.2) is 22.7 Å². The maximum atomic E-state index is 13.5. The van der Waals surface area contributed by atoms with E-state index in [1.54, 1.807) is 6.07 Å². The predicted molar refractivity (Wildman–Crippen MR) is 86.5 cm³/mol. The summed E-state index contributed by atoms with van der Waals surface area (Å²) in [5, 5.41) is 3.47. The van der Waals surface area contributed by atoms with E-state index in [0.717, 1.165) is 22.4 Å². The summed E-state index contributed by atoms with van der Waals surface area (Å²) in [5.74, 6) is 0.573. The smallest absolute Gasteiger partial charge is 0.124 e. The van der Waals surface area contributed by atoms with Crippen LogP contribution in [0.5, 0.6) is 0 Å². The number of hydrogen-bond donors (Lipinski definition) is 1. The van der Waals surface area contributed by atoms with Gasteiger partial charge in [-0.05, 0) is 56.0 Å². The molecule has 0 aliphatic heterocycles. The normalized spacial score (nSPS) is 19.4. The minimum atomic E-state index is -0.151. The van der Waals surface area contributed by atoms with Gasteiger partial charge in [-0.15, -0.1) is 0 Å². The molecule has 1 nitrogen and oxygen atoms in total. The van der Waals surface area contributed by atoms with E-state index in [1.165, 1.54) is 51.0 Å². The van der Waals surface area contributed by atoms with Gasteiger partial charge in [0.15, 0.2) is 0 Å². The maximum Gasteiger partial charge on any atom is 0.124 e. The van der Waals surface area contributed by atoms with Crippen LogP contribution in [0.25, 0.3) is 0 Å². The van der Waals surface area contributed by atoms with E-state index in [9.17, 15) is 4.39 Å². The van der Waals surface area contributed by atoms with E-state index >= 15 is 0 Å². The van der Waals surface area contributed by atoms with Crippen LogP contribution in [0.4, 0.5) is 4.39 Å². The molecule has 1 aromatic rings. The molecule has 1 aliphatic rings. The van der Waals surface area contributed by atoms with Gasteiger partial charge in [0.2, 0.25) is 0 Å². The zero-order chi connectivity index (χ0) is 14.4. The lowest BCUT2D eigenvalue weighted by Crippen LogP contribution is -2.36. The van der Waals surface area contributed by atoms with Crippen LogP contribution in [-0.2, 0) is 6.42 Å². The Labute approximate surface area is 130 Å². The molecule has 0 spiro atoms. The van der Waals surface area contributed by atoms with E-state index in [4.69, 9.17) is 0 Å². The fourth-order valence-electron chi connectivity index (χ4n) is 3.38. The third-order valence-electron chi connectivity index (χ3n) is 4.47. The van der Waals surface area contributed by atoms with Crippen molar-refractivity contribution in [3.05, 3.63) is 34.1 Å². The SMILES string of the molecule is CNC(Cc1cc(F)cc(Br)c1)C1CCCCCCC1. The third-order valence-corrected chi connectivity index (χ3v) is 4.93. The lowest BCUT2D eigenvalue weighted by Gasteiger charge is -2.28. The van der Waals surface area contributed by atoms with Crippen molar-refractivity contribution in [2.75, 3.05) is 7.05 Å². The van der Waals surface area contributed by atoms with Gasteiger partial charge in [-0.25, -0.2) is 4.39 Å². The summed E-state index contributed by atoms with van der Waals surface area (Å²) < 4.78 is 14.3. The molecule has 1 N–H and O–H groups in total. The first kappa shape index (κ1) is 16.0. The van der Waals surface area contributed by atoms with Gasteiger partial charge in [-0.2, -0.15) is 0 Å². The number of likely N-dealkylation sites (N-methyl/N-ethyl adjacent to an activating group) is 1.